The number of ether oxygens (including phenoxy) is 2. The summed E-state index contributed by atoms with van der Waals surface area (Å²) < 4.78 is 53.0. The molecule has 0 aromatic heterocycles. The molecule has 160 valence electrons. The van der Waals surface area contributed by atoms with E-state index in [0.717, 1.165) is 4.41 Å². The maximum atomic E-state index is 14.6. The standard InChI is InChI=1S/C23H21FN2O4S/c1-29-22-13-12-16(14-23(22)30-2)20-15-21(18-10-6-7-11-19(18)24)26(25-20)31(27,28)17-8-4-3-5-9-17/h3-14,21H,15H2,1-2H3. The molecule has 6 nitrogen and oxygen atoms in total. The highest BCUT2D eigenvalue weighted by atomic mass is 32.2. The summed E-state index contributed by atoms with van der Waals surface area (Å²) in [4.78, 5) is 0.0913. The lowest BCUT2D eigenvalue weighted by Crippen LogP contribution is -2.27. The van der Waals surface area contributed by atoms with E-state index in [1.54, 1.807) is 54.6 Å². The summed E-state index contributed by atoms with van der Waals surface area (Å²) in [5.74, 6) is 0.559. The lowest BCUT2D eigenvalue weighted by atomic mass is 9.98. The van der Waals surface area contributed by atoms with Gasteiger partial charge in [-0.2, -0.15) is 17.9 Å². The van der Waals surface area contributed by atoms with Crippen molar-refractivity contribution in [3.05, 3.63) is 89.7 Å². The van der Waals surface area contributed by atoms with Gasteiger partial charge in [0, 0.05) is 17.5 Å². The van der Waals surface area contributed by atoms with Gasteiger partial charge in [-0.3, -0.25) is 0 Å². The van der Waals surface area contributed by atoms with Gasteiger partial charge in [-0.05, 0) is 36.4 Å². The fourth-order valence-electron chi connectivity index (χ4n) is 3.58. The van der Waals surface area contributed by atoms with Crippen LogP contribution in [0.2, 0.25) is 0 Å². The van der Waals surface area contributed by atoms with E-state index < -0.39 is 21.9 Å². The van der Waals surface area contributed by atoms with Crippen LogP contribution in [0.1, 0.15) is 23.6 Å². The molecule has 0 aliphatic carbocycles. The summed E-state index contributed by atoms with van der Waals surface area (Å²) in [6.07, 6.45) is 0.211. The lowest BCUT2D eigenvalue weighted by molar-refractivity contribution is 0.355. The van der Waals surface area contributed by atoms with Crippen LogP contribution >= 0.6 is 0 Å². The maximum Gasteiger partial charge on any atom is 0.279 e. The molecule has 31 heavy (non-hydrogen) atoms. The van der Waals surface area contributed by atoms with Crippen molar-refractivity contribution in [2.45, 2.75) is 17.4 Å². The molecule has 4 rings (SSSR count). The summed E-state index contributed by atoms with van der Waals surface area (Å²) in [5, 5.41) is 4.44. The third kappa shape index (κ3) is 3.86. The molecule has 0 spiro atoms. The maximum absolute atomic E-state index is 14.6. The molecule has 0 saturated carbocycles. The molecule has 1 aliphatic rings. The van der Waals surface area contributed by atoms with E-state index in [-0.39, 0.29) is 16.9 Å². The van der Waals surface area contributed by atoms with Crippen LogP contribution in [0.25, 0.3) is 0 Å². The molecule has 0 radical (unpaired) electrons. The molecule has 8 heteroatoms. The Balaban J connectivity index is 1.82. The highest BCUT2D eigenvalue weighted by Gasteiger charge is 2.39. The van der Waals surface area contributed by atoms with Crippen LogP contribution in [0.4, 0.5) is 4.39 Å². The average molecular weight is 440 g/mol. The fourth-order valence-corrected chi connectivity index (χ4v) is 5.02. The second-order valence-corrected chi connectivity index (χ2v) is 8.74. The number of rotatable bonds is 6. The van der Waals surface area contributed by atoms with Crippen molar-refractivity contribution in [1.29, 1.82) is 0 Å². The Hall–Kier alpha value is -3.39. The van der Waals surface area contributed by atoms with Crippen LogP contribution in [-0.4, -0.2) is 32.8 Å². The number of hydrogen-bond donors (Lipinski definition) is 0. The second-order valence-electron chi connectivity index (χ2n) is 6.95. The Labute approximate surface area is 180 Å². The molecule has 0 amide bonds. The van der Waals surface area contributed by atoms with Crippen LogP contribution in [0.15, 0.2) is 82.8 Å². The van der Waals surface area contributed by atoms with Crippen molar-refractivity contribution in [1.82, 2.24) is 4.41 Å². The van der Waals surface area contributed by atoms with E-state index in [1.165, 1.54) is 32.4 Å². The minimum Gasteiger partial charge on any atom is -0.493 e. The first-order chi connectivity index (χ1) is 15.0. The van der Waals surface area contributed by atoms with Gasteiger partial charge in [0.25, 0.3) is 10.0 Å². The van der Waals surface area contributed by atoms with Gasteiger partial charge in [-0.1, -0.05) is 36.4 Å². The molecule has 3 aromatic rings. The number of halogens is 1. The van der Waals surface area contributed by atoms with Crippen LogP contribution in [0.5, 0.6) is 11.5 Å². The van der Waals surface area contributed by atoms with Crippen molar-refractivity contribution in [2.75, 3.05) is 14.2 Å². The van der Waals surface area contributed by atoms with Crippen molar-refractivity contribution in [3.63, 3.8) is 0 Å². The first kappa shape index (κ1) is 20.9. The van der Waals surface area contributed by atoms with Gasteiger partial charge in [0.1, 0.15) is 5.82 Å². The smallest absolute Gasteiger partial charge is 0.279 e. The third-order valence-electron chi connectivity index (χ3n) is 5.14. The summed E-state index contributed by atoms with van der Waals surface area (Å²) >= 11 is 0. The van der Waals surface area contributed by atoms with E-state index in [4.69, 9.17) is 9.47 Å². The van der Waals surface area contributed by atoms with E-state index in [0.29, 0.717) is 22.8 Å². The molecule has 1 atom stereocenters. The van der Waals surface area contributed by atoms with Crippen LogP contribution < -0.4 is 9.47 Å². The zero-order chi connectivity index (χ0) is 22.0. The average Bonchev–Trinajstić information content (AvgIpc) is 3.25. The second kappa shape index (κ2) is 8.39. The minimum atomic E-state index is -4.00. The predicted molar refractivity (Wildman–Crippen MR) is 115 cm³/mol. The Morgan fingerprint density at radius 3 is 2.29 bits per heavy atom. The van der Waals surface area contributed by atoms with Crippen molar-refractivity contribution < 1.29 is 22.3 Å². The SMILES string of the molecule is COc1ccc(C2=NN(S(=O)(=O)c3ccccc3)C(c3ccccc3F)C2)cc1OC. The summed E-state index contributed by atoms with van der Waals surface area (Å²) in [7, 11) is -0.944. The van der Waals surface area contributed by atoms with Gasteiger partial charge >= 0.3 is 0 Å². The van der Waals surface area contributed by atoms with Gasteiger partial charge in [-0.25, -0.2) is 4.39 Å². The van der Waals surface area contributed by atoms with Crippen molar-refractivity contribution in [3.8, 4) is 11.5 Å². The van der Waals surface area contributed by atoms with E-state index in [1.807, 2.05) is 0 Å². The van der Waals surface area contributed by atoms with Crippen LogP contribution in [0, 0.1) is 5.82 Å². The Morgan fingerprint density at radius 1 is 0.935 bits per heavy atom. The zero-order valence-corrected chi connectivity index (χ0v) is 17.8. The minimum absolute atomic E-state index is 0.0913. The normalized spacial score (nSPS) is 16.2. The van der Waals surface area contributed by atoms with Crippen molar-refractivity contribution >= 4 is 15.7 Å². The summed E-state index contributed by atoms with van der Waals surface area (Å²) in [6.45, 7) is 0. The van der Waals surface area contributed by atoms with Gasteiger partial charge in [0.05, 0.1) is 30.9 Å². The lowest BCUT2D eigenvalue weighted by Gasteiger charge is -2.23. The number of benzene rings is 3. The highest BCUT2D eigenvalue weighted by molar-refractivity contribution is 7.89. The predicted octanol–water partition coefficient (Wildman–Crippen LogP) is 4.38. The number of nitrogens with zero attached hydrogens (tertiary/aromatic N) is 2. The number of sulfonamides is 1. The highest BCUT2D eigenvalue weighted by Crippen LogP contribution is 2.39. The van der Waals surface area contributed by atoms with E-state index in [9.17, 15) is 12.8 Å². The molecule has 0 bridgehead atoms. The summed E-state index contributed by atoms with van der Waals surface area (Å²) in [6, 6.07) is 18.6. The Morgan fingerprint density at radius 2 is 1.61 bits per heavy atom. The number of hydrazone groups is 1. The van der Waals surface area contributed by atoms with Crippen LogP contribution in [0.3, 0.4) is 0 Å². The monoisotopic (exact) mass is 440 g/mol. The molecule has 1 heterocycles. The van der Waals surface area contributed by atoms with E-state index in [2.05, 4.69) is 5.10 Å². The molecule has 0 N–H and O–H groups in total. The Bertz CT molecular complexity index is 1230. The molecule has 3 aromatic carbocycles. The Kier molecular flexibility index (Phi) is 5.65. The molecular formula is C23H21FN2O4S. The van der Waals surface area contributed by atoms with Gasteiger partial charge in [0.15, 0.2) is 11.5 Å². The number of hydrogen-bond acceptors (Lipinski definition) is 5. The van der Waals surface area contributed by atoms with Crippen LogP contribution in [-0.2, 0) is 10.0 Å². The molecule has 1 unspecified atom stereocenters. The molecule has 1 aliphatic heterocycles. The van der Waals surface area contributed by atoms with Gasteiger partial charge in [-0.15, -0.1) is 0 Å². The quantitative estimate of drug-likeness (QED) is 0.570. The molecular weight excluding hydrogens is 419 g/mol. The number of methoxy groups -OCH3 is 2. The molecule has 0 saturated heterocycles. The first-order valence-corrected chi connectivity index (χ1v) is 11.0. The topological polar surface area (TPSA) is 68.2 Å². The van der Waals surface area contributed by atoms with Crippen molar-refractivity contribution in [2.24, 2.45) is 5.10 Å². The zero-order valence-electron chi connectivity index (χ0n) is 17.0. The fraction of sp³-hybridized carbons (Fsp3) is 0.174. The molecule has 0 fully saturated rings. The summed E-state index contributed by atoms with van der Waals surface area (Å²) in [5.41, 5.74) is 1.44. The van der Waals surface area contributed by atoms with E-state index >= 15 is 0 Å². The van der Waals surface area contributed by atoms with Gasteiger partial charge < -0.3 is 9.47 Å². The largest absolute Gasteiger partial charge is 0.493 e. The van der Waals surface area contributed by atoms with Gasteiger partial charge in [0.2, 0.25) is 0 Å². The third-order valence-corrected chi connectivity index (χ3v) is 6.84. The first-order valence-electron chi connectivity index (χ1n) is 9.59.